The van der Waals surface area contributed by atoms with Gasteiger partial charge in [0.25, 0.3) is 0 Å². The van der Waals surface area contributed by atoms with Gasteiger partial charge in [-0.15, -0.1) is 0 Å². The highest BCUT2D eigenvalue weighted by atomic mass is 16.5. The van der Waals surface area contributed by atoms with E-state index >= 15 is 0 Å². The predicted molar refractivity (Wildman–Crippen MR) is 50.8 cm³/mol. The van der Waals surface area contributed by atoms with Crippen LogP contribution in [-0.4, -0.2) is 6.10 Å². The maximum absolute atomic E-state index is 5.53. The van der Waals surface area contributed by atoms with E-state index in [-0.39, 0.29) is 12.2 Å². The molecule has 0 aliphatic rings. The largest absolute Gasteiger partial charge is 0.371 e. The van der Waals surface area contributed by atoms with Gasteiger partial charge in [-0.25, -0.2) is 0 Å². The third kappa shape index (κ3) is 2.67. The summed E-state index contributed by atoms with van der Waals surface area (Å²) in [5.41, 5.74) is 1.13. The Morgan fingerprint density at radius 2 is 1.75 bits per heavy atom. The molecule has 1 rings (SSSR count). The van der Waals surface area contributed by atoms with E-state index in [0.29, 0.717) is 0 Å². The monoisotopic (exact) mass is 163 g/mol. The summed E-state index contributed by atoms with van der Waals surface area (Å²) in [4.78, 5) is 0. The van der Waals surface area contributed by atoms with Gasteiger partial charge in [0.1, 0.15) is 0 Å². The van der Waals surface area contributed by atoms with Crippen LogP contribution in [0.1, 0.15) is 25.5 Å². The first-order valence-corrected chi connectivity index (χ1v) is 4.23. The van der Waals surface area contributed by atoms with Gasteiger partial charge in [0.15, 0.2) is 0 Å². The summed E-state index contributed by atoms with van der Waals surface area (Å²) in [6.07, 6.45) is 0.180. The van der Waals surface area contributed by atoms with Crippen LogP contribution in [0.5, 0.6) is 0 Å². The summed E-state index contributed by atoms with van der Waals surface area (Å²) in [5, 5.41) is 0. The quantitative estimate of drug-likeness (QED) is 0.665. The van der Waals surface area contributed by atoms with Crippen molar-refractivity contribution >= 4 is 0 Å². The molecule has 1 aromatic rings. The molecular weight excluding hydrogens is 148 g/mol. The van der Waals surface area contributed by atoms with Crippen molar-refractivity contribution < 1.29 is 4.74 Å². The lowest BCUT2D eigenvalue weighted by Crippen LogP contribution is -2.07. The summed E-state index contributed by atoms with van der Waals surface area (Å²) in [6, 6.07) is 10.0. The van der Waals surface area contributed by atoms with Crippen molar-refractivity contribution in [2.45, 2.75) is 26.1 Å². The normalized spacial score (nSPS) is 13.3. The molecule has 1 radical (unpaired) electrons. The third-order valence-corrected chi connectivity index (χ3v) is 1.61. The van der Waals surface area contributed by atoms with Crippen LogP contribution in [0.3, 0.4) is 0 Å². The molecule has 12 heavy (non-hydrogen) atoms. The molecule has 0 spiro atoms. The maximum Gasteiger partial charge on any atom is 0.0829 e. The van der Waals surface area contributed by atoms with Gasteiger partial charge in [-0.05, 0) is 26.3 Å². The minimum Gasteiger partial charge on any atom is -0.371 e. The summed E-state index contributed by atoms with van der Waals surface area (Å²) >= 11 is 0. The third-order valence-electron chi connectivity index (χ3n) is 1.61. The molecule has 0 fully saturated rings. The number of hydrogen-bond acceptors (Lipinski definition) is 1. The van der Waals surface area contributed by atoms with E-state index in [1.807, 2.05) is 44.2 Å². The maximum atomic E-state index is 5.53. The minimum atomic E-state index is -0.0498. The first kappa shape index (κ1) is 9.27. The van der Waals surface area contributed by atoms with Crippen molar-refractivity contribution in [1.82, 2.24) is 0 Å². The molecular formula is C11H15O. The summed E-state index contributed by atoms with van der Waals surface area (Å²) in [5.74, 6) is 0. The molecule has 1 nitrogen and oxygen atoms in total. The fourth-order valence-electron chi connectivity index (χ4n) is 1.07. The highest BCUT2D eigenvalue weighted by Crippen LogP contribution is 2.16. The van der Waals surface area contributed by atoms with Crippen molar-refractivity contribution in [3.8, 4) is 0 Å². The number of hydrogen-bond donors (Lipinski definition) is 0. The van der Waals surface area contributed by atoms with E-state index in [2.05, 4.69) is 6.92 Å². The average Bonchev–Trinajstić information content (AvgIpc) is 2.05. The zero-order chi connectivity index (χ0) is 8.97. The Kier molecular flexibility index (Phi) is 3.30. The van der Waals surface area contributed by atoms with E-state index in [1.165, 1.54) is 0 Å². The molecule has 65 valence electrons. The van der Waals surface area contributed by atoms with E-state index in [0.717, 1.165) is 5.56 Å². The number of rotatable bonds is 3. The van der Waals surface area contributed by atoms with Crippen LogP contribution in [0.25, 0.3) is 0 Å². The first-order valence-electron chi connectivity index (χ1n) is 4.23. The molecule has 1 heteroatoms. The molecule has 0 aliphatic heterocycles. The standard InChI is InChI=1S/C11H15O/c1-9(2)12-10(3)11-7-5-4-6-8-11/h4-10H,3H2,1-2H3. The zero-order valence-electron chi connectivity index (χ0n) is 7.66. The van der Waals surface area contributed by atoms with Crippen molar-refractivity contribution in [2.75, 3.05) is 0 Å². The second-order valence-corrected chi connectivity index (χ2v) is 3.08. The summed E-state index contributed by atoms with van der Waals surface area (Å²) < 4.78 is 5.53. The van der Waals surface area contributed by atoms with Gasteiger partial charge in [0.05, 0.1) is 12.2 Å². The number of ether oxygens (including phenoxy) is 1. The second kappa shape index (κ2) is 4.27. The smallest absolute Gasteiger partial charge is 0.0829 e. The van der Waals surface area contributed by atoms with Gasteiger partial charge < -0.3 is 4.74 Å². The SMILES string of the molecule is [CH2]C(OC(C)C)c1ccccc1. The van der Waals surface area contributed by atoms with Gasteiger partial charge >= 0.3 is 0 Å². The molecule has 0 N–H and O–H groups in total. The first-order chi connectivity index (χ1) is 5.70. The minimum absolute atomic E-state index is 0.0498. The lowest BCUT2D eigenvalue weighted by molar-refractivity contribution is 0.0331. The molecule has 0 amide bonds. The van der Waals surface area contributed by atoms with Gasteiger partial charge in [-0.1, -0.05) is 30.3 Å². The van der Waals surface area contributed by atoms with Gasteiger partial charge in [-0.2, -0.15) is 0 Å². The highest BCUT2D eigenvalue weighted by Gasteiger charge is 2.05. The molecule has 1 unspecified atom stereocenters. The van der Waals surface area contributed by atoms with Crippen LogP contribution in [0.2, 0.25) is 0 Å². The van der Waals surface area contributed by atoms with Gasteiger partial charge in [0, 0.05) is 0 Å². The Morgan fingerprint density at radius 3 is 2.25 bits per heavy atom. The lowest BCUT2D eigenvalue weighted by atomic mass is 10.1. The Morgan fingerprint density at radius 1 is 1.17 bits per heavy atom. The molecule has 0 aliphatic carbocycles. The second-order valence-electron chi connectivity index (χ2n) is 3.08. The Labute approximate surface area is 74.4 Å². The van der Waals surface area contributed by atoms with Gasteiger partial charge in [-0.3, -0.25) is 0 Å². The molecule has 0 bridgehead atoms. The fourth-order valence-corrected chi connectivity index (χ4v) is 1.07. The Hall–Kier alpha value is -0.820. The molecule has 1 atom stereocenters. The lowest BCUT2D eigenvalue weighted by Gasteiger charge is -2.15. The van der Waals surface area contributed by atoms with E-state index in [1.54, 1.807) is 0 Å². The zero-order valence-corrected chi connectivity index (χ0v) is 7.66. The summed E-state index contributed by atoms with van der Waals surface area (Å²) in [7, 11) is 0. The topological polar surface area (TPSA) is 9.23 Å². The average molecular weight is 163 g/mol. The molecule has 0 saturated carbocycles. The van der Waals surface area contributed by atoms with Crippen molar-refractivity contribution in [1.29, 1.82) is 0 Å². The van der Waals surface area contributed by atoms with E-state index in [4.69, 9.17) is 4.74 Å². The molecule has 0 aromatic heterocycles. The Balaban J connectivity index is 2.59. The predicted octanol–water partition coefficient (Wildman–Crippen LogP) is 2.99. The van der Waals surface area contributed by atoms with Crippen LogP contribution >= 0.6 is 0 Å². The van der Waals surface area contributed by atoms with Crippen molar-refractivity contribution in [2.24, 2.45) is 0 Å². The van der Waals surface area contributed by atoms with E-state index < -0.39 is 0 Å². The van der Waals surface area contributed by atoms with Crippen LogP contribution in [0.15, 0.2) is 30.3 Å². The Bertz CT molecular complexity index is 216. The van der Waals surface area contributed by atoms with Gasteiger partial charge in [0.2, 0.25) is 0 Å². The van der Waals surface area contributed by atoms with Crippen LogP contribution in [0.4, 0.5) is 0 Å². The summed E-state index contributed by atoms with van der Waals surface area (Å²) in [6.45, 7) is 7.96. The number of benzene rings is 1. The molecule has 0 saturated heterocycles. The molecule has 0 heterocycles. The van der Waals surface area contributed by atoms with Crippen LogP contribution in [-0.2, 0) is 4.74 Å². The fraction of sp³-hybridized carbons (Fsp3) is 0.364. The van der Waals surface area contributed by atoms with Crippen LogP contribution < -0.4 is 0 Å². The van der Waals surface area contributed by atoms with Crippen molar-refractivity contribution in [3.05, 3.63) is 42.8 Å². The molecule has 1 aromatic carbocycles. The van der Waals surface area contributed by atoms with E-state index in [9.17, 15) is 0 Å². The van der Waals surface area contributed by atoms with Crippen LogP contribution in [0, 0.1) is 6.92 Å². The highest BCUT2D eigenvalue weighted by molar-refractivity contribution is 5.18. The van der Waals surface area contributed by atoms with Crippen molar-refractivity contribution in [3.63, 3.8) is 0 Å².